The molecule has 2 amide bonds. The minimum atomic E-state index is -0.936. The molecule has 7 nitrogen and oxygen atoms in total. The maximum absolute atomic E-state index is 11.9. The molecule has 1 atom stereocenters. The minimum absolute atomic E-state index is 0.0747. The van der Waals surface area contributed by atoms with Crippen LogP contribution in [0.1, 0.15) is 16.8 Å². The molecule has 0 aliphatic carbocycles. The van der Waals surface area contributed by atoms with Crippen LogP contribution in [-0.2, 0) is 4.79 Å². The first-order chi connectivity index (χ1) is 9.31. The number of non-ortho nitro benzene ring substituents is 1. The number of nitro groups is 1. The Morgan fingerprint density at radius 1 is 1.50 bits per heavy atom. The van der Waals surface area contributed by atoms with Gasteiger partial charge >= 0.3 is 0 Å². The van der Waals surface area contributed by atoms with Crippen molar-refractivity contribution in [3.63, 3.8) is 0 Å². The molecule has 106 valence electrons. The summed E-state index contributed by atoms with van der Waals surface area (Å²) in [5.74, 6) is -1.34. The van der Waals surface area contributed by atoms with Gasteiger partial charge in [-0.1, -0.05) is 28.6 Å². The van der Waals surface area contributed by atoms with Crippen LogP contribution in [0.25, 0.3) is 0 Å². The largest absolute Gasteiger partial charge is 0.368 e. The Bertz CT molecular complexity index is 574. The number of nitrogens with one attached hydrogen (secondary N) is 1. The van der Waals surface area contributed by atoms with Crippen molar-refractivity contribution in [1.29, 1.82) is 0 Å². The second kappa shape index (κ2) is 6.80. The molecule has 0 aromatic heterocycles. The number of primary amides is 1. The number of nitrogens with two attached hydrogens (primary N) is 1. The van der Waals surface area contributed by atoms with E-state index in [0.29, 0.717) is 4.48 Å². The van der Waals surface area contributed by atoms with Crippen molar-refractivity contribution in [1.82, 2.24) is 5.32 Å². The summed E-state index contributed by atoms with van der Waals surface area (Å²) in [7, 11) is 0. The average molecular weight is 342 g/mol. The lowest BCUT2D eigenvalue weighted by Crippen LogP contribution is -2.44. The Labute approximate surface area is 123 Å². The Morgan fingerprint density at radius 3 is 2.65 bits per heavy atom. The Hall–Kier alpha value is -2.22. The highest BCUT2D eigenvalue weighted by Crippen LogP contribution is 2.14. The predicted molar refractivity (Wildman–Crippen MR) is 76.2 cm³/mol. The second-order valence-electron chi connectivity index (χ2n) is 3.96. The van der Waals surface area contributed by atoms with Crippen LogP contribution in [0.5, 0.6) is 0 Å². The molecule has 0 fully saturated rings. The molecule has 0 spiro atoms. The molecule has 0 saturated carbocycles. The normalized spacial score (nSPS) is 11.4. The fraction of sp³-hybridized carbons (Fsp3) is 0.167. The van der Waals surface area contributed by atoms with Crippen LogP contribution in [0.3, 0.4) is 0 Å². The van der Waals surface area contributed by atoms with Gasteiger partial charge in [0, 0.05) is 24.1 Å². The lowest BCUT2D eigenvalue weighted by atomic mass is 10.1. The number of nitrogens with zero attached hydrogens (tertiary/aromatic N) is 1. The van der Waals surface area contributed by atoms with Gasteiger partial charge in [0.2, 0.25) is 5.91 Å². The summed E-state index contributed by atoms with van der Waals surface area (Å²) in [6.45, 7) is 3.56. The van der Waals surface area contributed by atoms with Gasteiger partial charge < -0.3 is 11.1 Å². The quantitative estimate of drug-likeness (QED) is 0.602. The van der Waals surface area contributed by atoms with E-state index in [2.05, 4.69) is 27.8 Å². The van der Waals surface area contributed by atoms with Crippen molar-refractivity contribution in [2.45, 2.75) is 12.5 Å². The number of carbonyl (C=O) groups excluding carboxylic acids is 2. The smallest absolute Gasteiger partial charge is 0.270 e. The van der Waals surface area contributed by atoms with Crippen molar-refractivity contribution in [2.75, 3.05) is 0 Å². The molecule has 20 heavy (non-hydrogen) atoms. The van der Waals surface area contributed by atoms with E-state index in [1.54, 1.807) is 0 Å². The highest BCUT2D eigenvalue weighted by molar-refractivity contribution is 9.11. The summed E-state index contributed by atoms with van der Waals surface area (Å²) in [4.78, 5) is 33.2. The molecule has 0 unspecified atom stereocenters. The van der Waals surface area contributed by atoms with Crippen molar-refractivity contribution in [2.24, 2.45) is 5.73 Å². The summed E-state index contributed by atoms with van der Waals surface area (Å²) in [6, 6.07) is 4.24. The molecule has 1 rings (SSSR count). The van der Waals surface area contributed by atoms with Crippen molar-refractivity contribution in [3.8, 4) is 0 Å². The molecular weight excluding hydrogens is 330 g/mol. The minimum Gasteiger partial charge on any atom is -0.368 e. The van der Waals surface area contributed by atoms with Crippen molar-refractivity contribution < 1.29 is 14.5 Å². The monoisotopic (exact) mass is 341 g/mol. The van der Waals surface area contributed by atoms with Crippen LogP contribution in [0.15, 0.2) is 35.3 Å². The highest BCUT2D eigenvalue weighted by Gasteiger charge is 2.20. The lowest BCUT2D eigenvalue weighted by molar-refractivity contribution is -0.384. The number of hydrogen-bond donors (Lipinski definition) is 2. The summed E-state index contributed by atoms with van der Waals surface area (Å²) in [5, 5.41) is 13.0. The van der Waals surface area contributed by atoms with Gasteiger partial charge in [-0.25, -0.2) is 0 Å². The van der Waals surface area contributed by atoms with E-state index in [1.165, 1.54) is 18.2 Å². The van der Waals surface area contributed by atoms with E-state index in [4.69, 9.17) is 5.73 Å². The molecule has 3 N–H and O–H groups in total. The molecule has 1 aromatic rings. The number of hydrogen-bond acceptors (Lipinski definition) is 4. The Morgan fingerprint density at radius 2 is 2.15 bits per heavy atom. The zero-order valence-corrected chi connectivity index (χ0v) is 11.9. The van der Waals surface area contributed by atoms with Gasteiger partial charge in [-0.15, -0.1) is 0 Å². The summed E-state index contributed by atoms with van der Waals surface area (Å²) >= 11 is 3.08. The van der Waals surface area contributed by atoms with Crippen LogP contribution in [0.4, 0.5) is 5.69 Å². The molecule has 0 heterocycles. The third-order valence-corrected chi connectivity index (χ3v) is 2.72. The predicted octanol–water partition coefficient (Wildman–Crippen LogP) is 1.48. The molecule has 1 aromatic carbocycles. The molecule has 0 aliphatic rings. The fourth-order valence-electron chi connectivity index (χ4n) is 1.45. The maximum Gasteiger partial charge on any atom is 0.270 e. The van der Waals surface area contributed by atoms with Gasteiger partial charge in [-0.05, 0) is 10.5 Å². The van der Waals surface area contributed by atoms with Gasteiger partial charge in [0.1, 0.15) is 6.04 Å². The van der Waals surface area contributed by atoms with Gasteiger partial charge in [0.15, 0.2) is 0 Å². The van der Waals surface area contributed by atoms with Crippen LogP contribution in [0, 0.1) is 10.1 Å². The van der Waals surface area contributed by atoms with E-state index in [1.807, 2.05) is 0 Å². The summed E-state index contributed by atoms with van der Waals surface area (Å²) in [5.41, 5.74) is 5.03. The van der Waals surface area contributed by atoms with Crippen LogP contribution < -0.4 is 11.1 Å². The van der Waals surface area contributed by atoms with Crippen LogP contribution in [-0.4, -0.2) is 22.8 Å². The SMILES string of the molecule is C=C(Br)C[C@H](NC(=O)c1cccc([N+](=O)[O-])c1)C(N)=O. The number of amides is 2. The van der Waals surface area contributed by atoms with E-state index in [9.17, 15) is 19.7 Å². The number of benzene rings is 1. The maximum atomic E-state index is 11.9. The van der Waals surface area contributed by atoms with Crippen molar-refractivity contribution >= 4 is 33.4 Å². The fourth-order valence-corrected chi connectivity index (χ4v) is 1.77. The molecular formula is C12H12BrN3O4. The number of halogens is 1. The van der Waals surface area contributed by atoms with E-state index < -0.39 is 22.8 Å². The van der Waals surface area contributed by atoms with Crippen molar-refractivity contribution in [3.05, 3.63) is 51.0 Å². The highest BCUT2D eigenvalue weighted by atomic mass is 79.9. The molecule has 8 heteroatoms. The van der Waals surface area contributed by atoms with Crippen LogP contribution in [0.2, 0.25) is 0 Å². The zero-order valence-electron chi connectivity index (χ0n) is 10.3. The van der Waals surface area contributed by atoms with Gasteiger partial charge in [0.05, 0.1) is 4.92 Å². The first-order valence-corrected chi connectivity index (χ1v) is 6.28. The number of nitro benzene ring substituents is 1. The Balaban J connectivity index is 2.88. The van der Waals surface area contributed by atoms with Gasteiger partial charge in [-0.3, -0.25) is 19.7 Å². The lowest BCUT2D eigenvalue weighted by Gasteiger charge is -2.14. The third-order valence-electron chi connectivity index (χ3n) is 2.39. The van der Waals surface area contributed by atoms with E-state index >= 15 is 0 Å². The molecule has 0 radical (unpaired) electrons. The standard InChI is InChI=1S/C12H12BrN3O4/c1-7(13)5-10(11(14)17)15-12(18)8-3-2-4-9(6-8)16(19)20/h2-4,6,10H,1,5H2,(H2,14,17)(H,15,18)/t10-/m0/s1. The zero-order chi connectivity index (χ0) is 15.3. The van der Waals surface area contributed by atoms with E-state index in [0.717, 1.165) is 6.07 Å². The Kier molecular flexibility index (Phi) is 5.39. The second-order valence-corrected chi connectivity index (χ2v) is 5.08. The first-order valence-electron chi connectivity index (χ1n) is 5.49. The molecule has 0 aliphatic heterocycles. The van der Waals surface area contributed by atoms with Crippen LogP contribution >= 0.6 is 15.9 Å². The van der Waals surface area contributed by atoms with Gasteiger partial charge in [-0.2, -0.15) is 0 Å². The summed E-state index contributed by atoms with van der Waals surface area (Å²) < 4.78 is 0.501. The molecule has 0 bridgehead atoms. The number of rotatable bonds is 6. The number of carbonyl (C=O) groups is 2. The topological polar surface area (TPSA) is 115 Å². The average Bonchev–Trinajstić information content (AvgIpc) is 2.37. The van der Waals surface area contributed by atoms with E-state index in [-0.39, 0.29) is 17.7 Å². The summed E-state index contributed by atoms with van der Waals surface area (Å²) in [6.07, 6.45) is 0.135. The third kappa shape index (κ3) is 4.47. The molecule has 0 saturated heterocycles. The van der Waals surface area contributed by atoms with Gasteiger partial charge in [0.25, 0.3) is 11.6 Å². The first kappa shape index (κ1) is 15.8.